The van der Waals surface area contributed by atoms with E-state index in [1.54, 1.807) is 18.4 Å². The number of hydrogen-bond donors (Lipinski definition) is 2. The molecule has 1 aliphatic heterocycles. The van der Waals surface area contributed by atoms with Crippen molar-refractivity contribution >= 4 is 43.9 Å². The van der Waals surface area contributed by atoms with Crippen molar-refractivity contribution in [1.82, 2.24) is 14.9 Å². The van der Waals surface area contributed by atoms with Gasteiger partial charge in [0.2, 0.25) is 5.91 Å². The van der Waals surface area contributed by atoms with Crippen molar-refractivity contribution in [2.45, 2.75) is 31.5 Å². The lowest BCUT2D eigenvalue weighted by Gasteiger charge is -2.42. The van der Waals surface area contributed by atoms with Gasteiger partial charge in [-0.25, -0.2) is 9.97 Å². The lowest BCUT2D eigenvalue weighted by molar-refractivity contribution is -0.123. The monoisotopic (exact) mass is 467 g/mol. The van der Waals surface area contributed by atoms with E-state index in [0.717, 1.165) is 45.9 Å². The molecule has 7 nitrogen and oxygen atoms in total. The molecule has 1 aromatic carbocycles. The molecule has 5 rings (SSSR count). The van der Waals surface area contributed by atoms with Gasteiger partial charge in [-0.1, -0.05) is 24.3 Å². The number of rotatable bonds is 5. The molecular formula is C23H25N5O2S2. The standard InChI is InChI=1S/C23H25N5O2S2/c1-22(20(24)29)8-10-23(30-2,11-9-22)28-12-4-7-17(28)19-26-15-6-3-5-14(18(15)32-19)16-13-31-21(25)27-16/h3,5-6,8-11,13,17H,4,7,12H2,1-2H3,(H2,24,29)(H2,25,27). The minimum absolute atomic E-state index is 0.105. The number of fused-ring (bicyclic) bond motifs is 1. The average molecular weight is 468 g/mol. The molecule has 3 heterocycles. The Morgan fingerprint density at radius 2 is 2.03 bits per heavy atom. The molecule has 4 N–H and O–H groups in total. The highest BCUT2D eigenvalue weighted by atomic mass is 32.1. The number of nitrogens with two attached hydrogens (primary N) is 2. The van der Waals surface area contributed by atoms with Gasteiger partial charge in [-0.3, -0.25) is 9.69 Å². The predicted octanol–water partition coefficient (Wildman–Crippen LogP) is 4.10. The zero-order valence-corrected chi connectivity index (χ0v) is 19.6. The number of nitrogen functional groups attached to an aromatic ring is 1. The van der Waals surface area contributed by atoms with Gasteiger partial charge in [-0.05, 0) is 38.0 Å². The molecule has 2 aromatic heterocycles. The summed E-state index contributed by atoms with van der Waals surface area (Å²) >= 11 is 3.14. The number of benzene rings is 1. The zero-order valence-electron chi connectivity index (χ0n) is 17.9. The fourth-order valence-corrected chi connectivity index (χ4v) is 6.27. The minimum Gasteiger partial charge on any atom is -0.375 e. The van der Waals surface area contributed by atoms with Crippen LogP contribution in [0.25, 0.3) is 21.5 Å². The number of amides is 1. The topological polar surface area (TPSA) is 107 Å². The van der Waals surface area contributed by atoms with Crippen LogP contribution in [0.15, 0.2) is 47.9 Å². The molecule has 1 aliphatic carbocycles. The van der Waals surface area contributed by atoms with Crippen molar-refractivity contribution in [2.75, 3.05) is 19.4 Å². The molecule has 166 valence electrons. The molecule has 3 aromatic rings. The molecule has 2 aliphatic rings. The third-order valence-electron chi connectivity index (χ3n) is 6.41. The van der Waals surface area contributed by atoms with Crippen molar-refractivity contribution in [3.05, 3.63) is 52.9 Å². The molecule has 0 spiro atoms. The highest BCUT2D eigenvalue weighted by molar-refractivity contribution is 7.19. The van der Waals surface area contributed by atoms with E-state index in [2.05, 4.69) is 16.0 Å². The molecule has 0 radical (unpaired) electrons. The molecule has 9 heteroatoms. The summed E-state index contributed by atoms with van der Waals surface area (Å²) in [5, 5.41) is 3.60. The second-order valence-electron chi connectivity index (χ2n) is 8.40. The van der Waals surface area contributed by atoms with Crippen LogP contribution in [0.2, 0.25) is 0 Å². The second-order valence-corrected chi connectivity index (χ2v) is 10.3. The van der Waals surface area contributed by atoms with Crippen LogP contribution < -0.4 is 11.5 Å². The Kier molecular flexibility index (Phi) is 5.16. The van der Waals surface area contributed by atoms with Crippen LogP contribution in [0.3, 0.4) is 0 Å². The van der Waals surface area contributed by atoms with E-state index < -0.39 is 11.1 Å². The van der Waals surface area contributed by atoms with E-state index in [1.165, 1.54) is 11.3 Å². The van der Waals surface area contributed by atoms with E-state index in [-0.39, 0.29) is 11.9 Å². The SMILES string of the molecule is COC1(N2CCCC2c2nc3cccc(-c4csc(N)n4)c3s2)C=CC(C)(C(N)=O)C=C1. The second kappa shape index (κ2) is 7.77. The molecule has 1 saturated heterocycles. The number of anilines is 1. The quantitative estimate of drug-likeness (QED) is 0.547. The van der Waals surface area contributed by atoms with Crippen molar-refractivity contribution in [3.8, 4) is 11.3 Å². The third-order valence-corrected chi connectivity index (χ3v) is 8.29. The van der Waals surface area contributed by atoms with Crippen LogP contribution in [0.4, 0.5) is 5.13 Å². The summed E-state index contributed by atoms with van der Waals surface area (Å²) in [5.74, 6) is -0.381. The first-order valence-corrected chi connectivity index (χ1v) is 12.2. The van der Waals surface area contributed by atoms with Crippen LogP contribution in [-0.4, -0.2) is 40.2 Å². The van der Waals surface area contributed by atoms with E-state index in [9.17, 15) is 4.79 Å². The first-order valence-electron chi connectivity index (χ1n) is 10.5. The number of carbonyl (C=O) groups is 1. The van der Waals surface area contributed by atoms with Crippen LogP contribution in [0.1, 0.15) is 30.8 Å². The molecule has 32 heavy (non-hydrogen) atoms. The fraction of sp³-hybridized carbons (Fsp3) is 0.348. The highest BCUT2D eigenvalue weighted by Gasteiger charge is 2.44. The summed E-state index contributed by atoms with van der Waals surface area (Å²) in [6.07, 6.45) is 9.61. The fourth-order valence-electron chi connectivity index (χ4n) is 4.47. The summed E-state index contributed by atoms with van der Waals surface area (Å²) in [5.41, 5.74) is 12.8. The molecule has 1 atom stereocenters. The van der Waals surface area contributed by atoms with Crippen LogP contribution in [0, 0.1) is 5.41 Å². The van der Waals surface area contributed by atoms with Crippen molar-refractivity contribution in [1.29, 1.82) is 0 Å². The summed E-state index contributed by atoms with van der Waals surface area (Å²) in [4.78, 5) is 23.7. The Hall–Kier alpha value is -2.59. The van der Waals surface area contributed by atoms with E-state index in [1.807, 2.05) is 48.7 Å². The van der Waals surface area contributed by atoms with Gasteiger partial charge in [0.1, 0.15) is 5.01 Å². The number of nitrogens with zero attached hydrogens (tertiary/aromatic N) is 3. The number of methoxy groups -OCH3 is 1. The Balaban J connectivity index is 1.52. The number of likely N-dealkylation sites (tertiary alicyclic amines) is 1. The summed E-state index contributed by atoms with van der Waals surface area (Å²) in [7, 11) is 1.69. The lowest BCUT2D eigenvalue weighted by atomic mass is 9.83. The van der Waals surface area contributed by atoms with Gasteiger partial charge in [0.05, 0.1) is 27.4 Å². The van der Waals surface area contributed by atoms with Gasteiger partial charge in [0.15, 0.2) is 10.9 Å². The van der Waals surface area contributed by atoms with Gasteiger partial charge in [-0.2, -0.15) is 0 Å². The molecule has 0 bridgehead atoms. The van der Waals surface area contributed by atoms with Gasteiger partial charge in [-0.15, -0.1) is 22.7 Å². The van der Waals surface area contributed by atoms with E-state index in [4.69, 9.17) is 21.2 Å². The van der Waals surface area contributed by atoms with Gasteiger partial charge >= 0.3 is 0 Å². The number of ether oxygens (including phenoxy) is 1. The van der Waals surface area contributed by atoms with Crippen LogP contribution >= 0.6 is 22.7 Å². The summed E-state index contributed by atoms with van der Waals surface area (Å²) in [6.45, 7) is 2.68. The Morgan fingerprint density at radius 1 is 1.25 bits per heavy atom. The predicted molar refractivity (Wildman–Crippen MR) is 129 cm³/mol. The number of carbonyl (C=O) groups excluding carboxylic acids is 1. The normalized spacial score (nSPS) is 28.0. The van der Waals surface area contributed by atoms with E-state index in [0.29, 0.717) is 5.13 Å². The third kappa shape index (κ3) is 3.36. The number of aromatic nitrogens is 2. The summed E-state index contributed by atoms with van der Waals surface area (Å²) < 4.78 is 7.13. The summed E-state index contributed by atoms with van der Waals surface area (Å²) in [6, 6.07) is 6.22. The largest absolute Gasteiger partial charge is 0.375 e. The van der Waals surface area contributed by atoms with Gasteiger partial charge < -0.3 is 16.2 Å². The van der Waals surface area contributed by atoms with Crippen LogP contribution in [-0.2, 0) is 9.53 Å². The van der Waals surface area contributed by atoms with Crippen LogP contribution in [0.5, 0.6) is 0 Å². The Bertz CT molecular complexity index is 1230. The maximum atomic E-state index is 11.9. The smallest absolute Gasteiger partial charge is 0.231 e. The number of hydrogen-bond acceptors (Lipinski definition) is 8. The molecule has 1 fully saturated rings. The Labute approximate surface area is 194 Å². The molecule has 0 saturated carbocycles. The maximum absolute atomic E-state index is 11.9. The van der Waals surface area contributed by atoms with E-state index >= 15 is 0 Å². The molecule has 1 amide bonds. The number of thiazole rings is 2. The number of primary amides is 1. The van der Waals surface area contributed by atoms with Crippen molar-refractivity contribution in [2.24, 2.45) is 11.1 Å². The highest BCUT2D eigenvalue weighted by Crippen LogP contribution is 2.45. The van der Waals surface area contributed by atoms with Gasteiger partial charge in [0, 0.05) is 24.6 Å². The lowest BCUT2D eigenvalue weighted by Crippen LogP contribution is -2.49. The first kappa shape index (κ1) is 21.3. The maximum Gasteiger partial charge on any atom is 0.231 e. The average Bonchev–Trinajstić information content (AvgIpc) is 3.53. The van der Waals surface area contributed by atoms with Crippen molar-refractivity contribution in [3.63, 3.8) is 0 Å². The Morgan fingerprint density at radius 3 is 2.69 bits per heavy atom. The van der Waals surface area contributed by atoms with Gasteiger partial charge in [0.25, 0.3) is 0 Å². The molecular weight excluding hydrogens is 442 g/mol. The van der Waals surface area contributed by atoms with Crippen molar-refractivity contribution < 1.29 is 9.53 Å². The zero-order chi connectivity index (χ0) is 22.5. The minimum atomic E-state index is -0.808. The first-order chi connectivity index (χ1) is 15.3. The molecule has 1 unspecified atom stereocenters.